The molecule has 0 saturated heterocycles. The molecule has 0 saturated carbocycles. The van der Waals surface area contributed by atoms with Crippen LogP contribution >= 0.6 is 23.4 Å². The van der Waals surface area contributed by atoms with Crippen LogP contribution in [0, 0.1) is 13.8 Å². The Morgan fingerprint density at radius 3 is 2.48 bits per heavy atom. The molecule has 0 radical (unpaired) electrons. The zero-order chi connectivity index (χ0) is 23.4. The van der Waals surface area contributed by atoms with Gasteiger partial charge in [0.25, 0.3) is 0 Å². The maximum atomic E-state index is 12.9. The van der Waals surface area contributed by atoms with Gasteiger partial charge in [0.15, 0.2) is 11.0 Å². The molecular formula is C25H24ClN5OS. The Balaban J connectivity index is 1.59. The fourth-order valence-electron chi connectivity index (χ4n) is 3.40. The van der Waals surface area contributed by atoms with E-state index < -0.39 is 0 Å². The topological polar surface area (TPSA) is 63.9 Å². The Morgan fingerprint density at radius 2 is 1.76 bits per heavy atom. The minimum Gasteiger partial charge on any atom is -0.341 e. The molecule has 2 heterocycles. The van der Waals surface area contributed by atoms with Crippen LogP contribution in [-0.2, 0) is 11.3 Å². The molecule has 8 heteroatoms. The number of amides is 1. The van der Waals surface area contributed by atoms with Gasteiger partial charge >= 0.3 is 0 Å². The highest BCUT2D eigenvalue weighted by Crippen LogP contribution is 2.31. The molecule has 4 rings (SSSR count). The summed E-state index contributed by atoms with van der Waals surface area (Å²) in [5, 5.41) is 10.1. The minimum absolute atomic E-state index is 0.0170. The van der Waals surface area contributed by atoms with E-state index in [2.05, 4.69) is 27.3 Å². The van der Waals surface area contributed by atoms with Gasteiger partial charge < -0.3 is 4.90 Å². The van der Waals surface area contributed by atoms with Crippen LogP contribution in [0.4, 0.5) is 0 Å². The third-order valence-electron chi connectivity index (χ3n) is 5.34. The summed E-state index contributed by atoms with van der Waals surface area (Å²) in [5.74, 6) is 0.935. The summed E-state index contributed by atoms with van der Waals surface area (Å²) in [7, 11) is 1.82. The van der Waals surface area contributed by atoms with E-state index in [1.54, 1.807) is 17.3 Å². The molecule has 0 aliphatic carbocycles. The Bertz CT molecular complexity index is 1260. The zero-order valence-electron chi connectivity index (χ0n) is 18.7. The van der Waals surface area contributed by atoms with Crippen molar-refractivity contribution in [1.82, 2.24) is 24.6 Å². The van der Waals surface area contributed by atoms with Crippen molar-refractivity contribution in [2.24, 2.45) is 0 Å². The van der Waals surface area contributed by atoms with E-state index >= 15 is 0 Å². The highest BCUT2D eigenvalue weighted by Gasteiger charge is 2.20. The number of thioether (sulfide) groups is 1. The van der Waals surface area contributed by atoms with Crippen molar-refractivity contribution in [2.75, 3.05) is 12.8 Å². The Morgan fingerprint density at radius 1 is 1.03 bits per heavy atom. The van der Waals surface area contributed by atoms with Gasteiger partial charge in [0.05, 0.1) is 11.4 Å². The minimum atomic E-state index is 0.0170. The van der Waals surface area contributed by atoms with Gasteiger partial charge in [-0.1, -0.05) is 59.3 Å². The van der Waals surface area contributed by atoms with Crippen LogP contribution in [0.5, 0.6) is 0 Å². The lowest BCUT2D eigenvalue weighted by Gasteiger charge is -2.18. The summed E-state index contributed by atoms with van der Waals surface area (Å²) < 4.78 is 1.95. The number of rotatable bonds is 7. The van der Waals surface area contributed by atoms with Gasteiger partial charge in [0.2, 0.25) is 5.91 Å². The quantitative estimate of drug-likeness (QED) is 0.336. The second kappa shape index (κ2) is 10.2. The molecule has 33 heavy (non-hydrogen) atoms. The van der Waals surface area contributed by atoms with Crippen LogP contribution in [0.2, 0.25) is 5.02 Å². The summed E-state index contributed by atoms with van der Waals surface area (Å²) >= 11 is 7.77. The second-order valence-corrected chi connectivity index (χ2v) is 9.14. The molecular weight excluding hydrogens is 454 g/mol. The maximum absolute atomic E-state index is 12.9. The smallest absolute Gasteiger partial charge is 0.233 e. The first-order valence-corrected chi connectivity index (χ1v) is 11.8. The average molecular weight is 478 g/mol. The molecule has 4 aromatic rings. The largest absolute Gasteiger partial charge is 0.341 e. The Hall–Kier alpha value is -3.16. The van der Waals surface area contributed by atoms with E-state index in [0.29, 0.717) is 22.5 Å². The van der Waals surface area contributed by atoms with Crippen LogP contribution in [0.25, 0.3) is 17.1 Å². The van der Waals surface area contributed by atoms with Crippen molar-refractivity contribution in [3.05, 3.63) is 88.7 Å². The number of pyridine rings is 1. The predicted octanol–water partition coefficient (Wildman–Crippen LogP) is 5.35. The lowest BCUT2D eigenvalue weighted by molar-refractivity contribution is -0.127. The highest BCUT2D eigenvalue weighted by atomic mass is 35.5. The maximum Gasteiger partial charge on any atom is 0.233 e. The molecule has 2 aromatic carbocycles. The van der Waals surface area contributed by atoms with Gasteiger partial charge in [0.1, 0.15) is 0 Å². The number of hydrogen-bond acceptors (Lipinski definition) is 5. The first kappa shape index (κ1) is 23.0. The molecule has 0 aliphatic heterocycles. The SMILES string of the molecule is Cc1ccc(CN(C)C(=O)CSc2nnc(-c3ccncc3)n2-c2cccc(Cl)c2C)cc1. The Kier molecular flexibility index (Phi) is 7.11. The highest BCUT2D eigenvalue weighted by molar-refractivity contribution is 7.99. The van der Waals surface area contributed by atoms with Crippen LogP contribution in [0.1, 0.15) is 16.7 Å². The van der Waals surface area contributed by atoms with Gasteiger partial charge in [-0.05, 0) is 49.2 Å². The second-order valence-electron chi connectivity index (χ2n) is 7.79. The molecule has 168 valence electrons. The monoisotopic (exact) mass is 477 g/mol. The van der Waals surface area contributed by atoms with Crippen LogP contribution < -0.4 is 0 Å². The summed E-state index contributed by atoms with van der Waals surface area (Å²) in [6.45, 7) is 4.57. The fraction of sp³-hybridized carbons (Fsp3) is 0.200. The van der Waals surface area contributed by atoms with E-state index in [4.69, 9.17) is 11.6 Å². The number of halogens is 1. The average Bonchev–Trinajstić information content (AvgIpc) is 3.25. The van der Waals surface area contributed by atoms with Gasteiger partial charge in [-0.25, -0.2) is 0 Å². The summed E-state index contributed by atoms with van der Waals surface area (Å²) in [6.07, 6.45) is 3.44. The zero-order valence-corrected chi connectivity index (χ0v) is 20.3. The number of aromatic nitrogens is 4. The molecule has 0 unspecified atom stereocenters. The normalized spacial score (nSPS) is 10.9. The lowest BCUT2D eigenvalue weighted by Crippen LogP contribution is -2.27. The summed E-state index contributed by atoms with van der Waals surface area (Å²) in [6, 6.07) is 17.7. The van der Waals surface area contributed by atoms with E-state index in [0.717, 1.165) is 22.4 Å². The van der Waals surface area contributed by atoms with Crippen molar-refractivity contribution < 1.29 is 4.79 Å². The van der Waals surface area contributed by atoms with Gasteiger partial charge in [-0.2, -0.15) is 0 Å². The van der Waals surface area contributed by atoms with Gasteiger partial charge in [-0.3, -0.25) is 14.3 Å². The third-order valence-corrected chi connectivity index (χ3v) is 6.67. The lowest BCUT2D eigenvalue weighted by atomic mass is 10.1. The molecule has 0 N–H and O–H groups in total. The first-order chi connectivity index (χ1) is 15.9. The molecule has 0 bridgehead atoms. The van der Waals surface area contributed by atoms with Crippen molar-refractivity contribution >= 4 is 29.3 Å². The van der Waals surface area contributed by atoms with E-state index in [1.807, 2.05) is 67.9 Å². The number of benzene rings is 2. The molecule has 0 atom stereocenters. The molecule has 0 fully saturated rings. The number of nitrogens with zero attached hydrogens (tertiary/aromatic N) is 5. The fourth-order valence-corrected chi connectivity index (χ4v) is 4.45. The number of hydrogen-bond donors (Lipinski definition) is 0. The molecule has 6 nitrogen and oxygen atoms in total. The van der Waals surface area contributed by atoms with E-state index in [-0.39, 0.29) is 11.7 Å². The van der Waals surface area contributed by atoms with Crippen LogP contribution in [0.15, 0.2) is 72.1 Å². The van der Waals surface area contributed by atoms with Crippen LogP contribution in [-0.4, -0.2) is 43.4 Å². The first-order valence-electron chi connectivity index (χ1n) is 10.5. The molecule has 1 amide bonds. The third kappa shape index (κ3) is 5.26. The molecule has 0 aliphatic rings. The summed E-state index contributed by atoms with van der Waals surface area (Å²) in [4.78, 5) is 18.7. The van der Waals surface area contributed by atoms with E-state index in [1.165, 1.54) is 17.3 Å². The van der Waals surface area contributed by atoms with Crippen molar-refractivity contribution in [1.29, 1.82) is 0 Å². The Labute approximate surface area is 202 Å². The number of carbonyl (C=O) groups is 1. The van der Waals surface area contributed by atoms with Crippen molar-refractivity contribution in [2.45, 2.75) is 25.5 Å². The van der Waals surface area contributed by atoms with E-state index in [9.17, 15) is 4.79 Å². The number of carbonyl (C=O) groups excluding carboxylic acids is 1. The molecule has 2 aromatic heterocycles. The standard InChI is InChI=1S/C25H24ClN5OS/c1-17-7-9-19(10-8-17)15-30(3)23(32)16-33-25-29-28-24(20-11-13-27-14-12-20)31(25)22-6-4-5-21(26)18(22)2/h4-14H,15-16H2,1-3H3. The predicted molar refractivity (Wildman–Crippen MR) is 133 cm³/mol. The summed E-state index contributed by atoms with van der Waals surface area (Å²) in [5.41, 5.74) is 4.97. The number of aryl methyl sites for hydroxylation is 1. The van der Waals surface area contributed by atoms with Crippen molar-refractivity contribution in [3.63, 3.8) is 0 Å². The van der Waals surface area contributed by atoms with Gasteiger partial charge in [0, 0.05) is 36.6 Å². The molecule has 0 spiro atoms. The van der Waals surface area contributed by atoms with Crippen LogP contribution in [0.3, 0.4) is 0 Å². The van der Waals surface area contributed by atoms with Gasteiger partial charge in [-0.15, -0.1) is 10.2 Å². The van der Waals surface area contributed by atoms with Crippen molar-refractivity contribution in [3.8, 4) is 17.1 Å².